The van der Waals surface area contributed by atoms with E-state index in [0.29, 0.717) is 18.1 Å². The Morgan fingerprint density at radius 3 is 2.78 bits per heavy atom. The van der Waals surface area contributed by atoms with E-state index in [2.05, 4.69) is 10.3 Å². The highest BCUT2D eigenvalue weighted by atomic mass is 19.4. The fraction of sp³-hybridized carbons (Fsp3) is 0.478. The number of aromatic nitrogens is 1. The van der Waals surface area contributed by atoms with E-state index in [4.69, 9.17) is 9.47 Å². The predicted octanol–water partition coefficient (Wildman–Crippen LogP) is 4.18. The summed E-state index contributed by atoms with van der Waals surface area (Å²) in [6.45, 7) is 0.531. The maximum absolute atomic E-state index is 12.9. The maximum Gasteiger partial charge on any atom is 0.416 e. The van der Waals surface area contributed by atoms with Gasteiger partial charge in [0.25, 0.3) is 5.91 Å². The molecule has 1 heterocycles. The van der Waals surface area contributed by atoms with Crippen molar-refractivity contribution in [2.24, 2.45) is 17.8 Å². The number of carbonyl (C=O) groups is 1. The van der Waals surface area contributed by atoms with E-state index >= 15 is 0 Å². The summed E-state index contributed by atoms with van der Waals surface area (Å²) in [5.74, 6) is 0.340. The highest BCUT2D eigenvalue weighted by Gasteiger charge is 2.46. The molecule has 0 aliphatic heterocycles. The second kappa shape index (κ2) is 8.97. The van der Waals surface area contributed by atoms with Crippen LogP contribution in [0.1, 0.15) is 40.9 Å². The van der Waals surface area contributed by atoms with Gasteiger partial charge in [-0.25, -0.2) is 4.98 Å². The van der Waals surface area contributed by atoms with Crippen molar-refractivity contribution in [3.8, 4) is 11.5 Å². The van der Waals surface area contributed by atoms with Crippen LogP contribution in [0.3, 0.4) is 0 Å². The molecule has 1 aromatic heterocycles. The average Bonchev–Trinajstić information content (AvgIpc) is 3.33. The highest BCUT2D eigenvalue weighted by molar-refractivity contribution is 5.95. The molecular formula is C23H25F3N2O4. The van der Waals surface area contributed by atoms with E-state index in [-0.39, 0.29) is 41.7 Å². The number of ether oxygens (including phenoxy) is 2. The molecular weight excluding hydrogens is 425 g/mol. The molecule has 2 aliphatic carbocycles. The van der Waals surface area contributed by atoms with Crippen LogP contribution >= 0.6 is 0 Å². The van der Waals surface area contributed by atoms with E-state index in [1.165, 1.54) is 25.4 Å². The number of benzene rings is 1. The lowest BCUT2D eigenvalue weighted by Gasteiger charge is -2.30. The van der Waals surface area contributed by atoms with Crippen LogP contribution in [0, 0.1) is 17.8 Å². The topological polar surface area (TPSA) is 80.7 Å². The van der Waals surface area contributed by atoms with E-state index in [0.717, 1.165) is 31.4 Å². The van der Waals surface area contributed by atoms with Crippen molar-refractivity contribution in [3.63, 3.8) is 0 Å². The molecule has 9 heteroatoms. The molecule has 2 aromatic rings. The third-order valence-electron chi connectivity index (χ3n) is 6.44. The van der Waals surface area contributed by atoms with Gasteiger partial charge in [0.05, 0.1) is 25.9 Å². The number of aromatic hydroxyl groups is 1. The SMILES string of the molecule is COc1ccnc(C(=O)N[C@H]2CC3CC2[C@@H](COCc2cccc(C(F)(F)F)c2)C3)c1O. The number of amides is 1. The molecule has 0 spiro atoms. The Kier molecular flexibility index (Phi) is 6.28. The molecule has 4 rings (SSSR count). The zero-order valence-corrected chi connectivity index (χ0v) is 17.6. The van der Waals surface area contributed by atoms with E-state index in [1.807, 2.05) is 0 Å². The first-order valence-corrected chi connectivity index (χ1v) is 10.5. The lowest BCUT2D eigenvalue weighted by atomic mass is 9.85. The number of halogens is 3. The number of fused-ring (bicyclic) bond motifs is 2. The van der Waals surface area contributed by atoms with Crippen LogP contribution < -0.4 is 10.1 Å². The van der Waals surface area contributed by atoms with Crippen molar-refractivity contribution in [2.45, 2.75) is 38.1 Å². The molecule has 172 valence electrons. The Labute approximate surface area is 183 Å². The van der Waals surface area contributed by atoms with E-state index in [1.54, 1.807) is 6.07 Å². The van der Waals surface area contributed by atoms with Gasteiger partial charge in [0.1, 0.15) is 0 Å². The Bertz CT molecular complexity index is 982. The summed E-state index contributed by atoms with van der Waals surface area (Å²) in [6.07, 6.45) is -0.176. The number of alkyl halides is 3. The standard InChI is InChI=1S/C23H25F3N2O4/c1-31-19-5-6-27-20(21(19)29)22(30)28-18-10-14-7-15(17(18)9-14)12-32-11-13-3-2-4-16(8-13)23(24,25)26/h2-6,8,14-15,17-18,29H,7,9-12H2,1H3,(H,28,30)/t14?,15-,17?,18+/m1/s1. The van der Waals surface area contributed by atoms with Gasteiger partial charge in [0, 0.05) is 18.3 Å². The minimum Gasteiger partial charge on any atom is -0.503 e. The normalized spacial score (nSPS) is 24.5. The van der Waals surface area contributed by atoms with Crippen LogP contribution in [0.15, 0.2) is 36.5 Å². The summed E-state index contributed by atoms with van der Waals surface area (Å²) < 4.78 is 49.4. The van der Waals surface area contributed by atoms with Crippen LogP contribution in [0.2, 0.25) is 0 Å². The molecule has 2 unspecified atom stereocenters. The molecule has 1 amide bonds. The third kappa shape index (κ3) is 4.67. The predicted molar refractivity (Wildman–Crippen MR) is 109 cm³/mol. The largest absolute Gasteiger partial charge is 0.503 e. The van der Waals surface area contributed by atoms with Gasteiger partial charge in [-0.3, -0.25) is 4.79 Å². The minimum atomic E-state index is -4.38. The third-order valence-corrected chi connectivity index (χ3v) is 6.44. The van der Waals surface area contributed by atoms with E-state index < -0.39 is 17.6 Å². The van der Waals surface area contributed by atoms with Crippen molar-refractivity contribution in [3.05, 3.63) is 53.3 Å². The van der Waals surface area contributed by atoms with Gasteiger partial charge in [-0.05, 0) is 54.7 Å². The summed E-state index contributed by atoms with van der Waals surface area (Å²) in [5.41, 5.74) is -0.285. The first-order chi connectivity index (χ1) is 15.3. The lowest BCUT2D eigenvalue weighted by molar-refractivity contribution is -0.137. The average molecular weight is 450 g/mol. The molecule has 2 N–H and O–H groups in total. The number of nitrogens with zero attached hydrogens (tertiary/aromatic N) is 1. The zero-order valence-electron chi connectivity index (χ0n) is 17.6. The molecule has 2 aliphatic rings. The number of nitrogens with one attached hydrogen (secondary N) is 1. The molecule has 1 aromatic carbocycles. The van der Waals surface area contributed by atoms with Crippen molar-refractivity contribution in [2.75, 3.05) is 13.7 Å². The number of rotatable bonds is 7. The molecule has 32 heavy (non-hydrogen) atoms. The molecule has 4 atom stereocenters. The molecule has 2 bridgehead atoms. The molecule has 2 saturated carbocycles. The number of hydrogen-bond acceptors (Lipinski definition) is 5. The summed E-state index contributed by atoms with van der Waals surface area (Å²) >= 11 is 0. The van der Waals surface area contributed by atoms with Crippen LogP contribution in [0.4, 0.5) is 13.2 Å². The zero-order chi connectivity index (χ0) is 22.9. The lowest BCUT2D eigenvalue weighted by Crippen LogP contribution is -2.42. The smallest absolute Gasteiger partial charge is 0.416 e. The first kappa shape index (κ1) is 22.4. The van der Waals surface area contributed by atoms with Gasteiger partial charge >= 0.3 is 6.18 Å². The second-order valence-corrected chi connectivity index (χ2v) is 8.50. The Balaban J connectivity index is 1.33. The van der Waals surface area contributed by atoms with Crippen LogP contribution in [-0.2, 0) is 17.5 Å². The van der Waals surface area contributed by atoms with Gasteiger partial charge < -0.3 is 19.9 Å². The fourth-order valence-electron chi connectivity index (χ4n) is 5.02. The Morgan fingerprint density at radius 1 is 1.25 bits per heavy atom. The van der Waals surface area contributed by atoms with Gasteiger partial charge in [-0.1, -0.05) is 12.1 Å². The summed E-state index contributed by atoms with van der Waals surface area (Å²) in [5, 5.41) is 13.2. The second-order valence-electron chi connectivity index (χ2n) is 8.50. The molecule has 2 fully saturated rings. The van der Waals surface area contributed by atoms with Crippen molar-refractivity contribution >= 4 is 5.91 Å². The van der Waals surface area contributed by atoms with Crippen LogP contribution in [0.25, 0.3) is 0 Å². The maximum atomic E-state index is 12.9. The summed E-state index contributed by atoms with van der Waals surface area (Å²) in [7, 11) is 1.40. The fourth-order valence-corrected chi connectivity index (χ4v) is 5.02. The highest BCUT2D eigenvalue weighted by Crippen LogP contribution is 2.48. The Morgan fingerprint density at radius 2 is 2.06 bits per heavy atom. The summed E-state index contributed by atoms with van der Waals surface area (Å²) in [6, 6.07) is 6.57. The molecule has 0 radical (unpaired) electrons. The van der Waals surface area contributed by atoms with Gasteiger partial charge in [0.15, 0.2) is 17.2 Å². The number of pyridine rings is 1. The minimum absolute atomic E-state index is 0.0594. The van der Waals surface area contributed by atoms with Gasteiger partial charge in [-0.2, -0.15) is 13.2 Å². The monoisotopic (exact) mass is 450 g/mol. The summed E-state index contributed by atoms with van der Waals surface area (Å²) in [4.78, 5) is 16.6. The van der Waals surface area contributed by atoms with Gasteiger partial charge in [0.2, 0.25) is 0 Å². The van der Waals surface area contributed by atoms with Crippen LogP contribution in [0.5, 0.6) is 11.5 Å². The molecule has 6 nitrogen and oxygen atoms in total. The number of carbonyl (C=O) groups excluding carboxylic acids is 1. The van der Waals surface area contributed by atoms with E-state index in [9.17, 15) is 23.1 Å². The quantitative estimate of drug-likeness (QED) is 0.662. The van der Waals surface area contributed by atoms with Crippen molar-refractivity contribution in [1.29, 1.82) is 0 Å². The number of methoxy groups -OCH3 is 1. The van der Waals surface area contributed by atoms with Crippen molar-refractivity contribution < 1.29 is 32.5 Å². The Hall–Kier alpha value is -2.81. The van der Waals surface area contributed by atoms with Gasteiger partial charge in [-0.15, -0.1) is 0 Å². The first-order valence-electron chi connectivity index (χ1n) is 10.5. The van der Waals surface area contributed by atoms with Crippen molar-refractivity contribution in [1.82, 2.24) is 10.3 Å². The van der Waals surface area contributed by atoms with Crippen LogP contribution in [-0.4, -0.2) is 35.8 Å². The number of hydrogen-bond donors (Lipinski definition) is 2. The molecule has 0 saturated heterocycles.